The van der Waals surface area contributed by atoms with Crippen LogP contribution >= 0.6 is 11.6 Å². The van der Waals surface area contributed by atoms with Gasteiger partial charge in [-0.25, -0.2) is 4.68 Å². The Labute approximate surface area is 128 Å². The van der Waals surface area contributed by atoms with Gasteiger partial charge in [-0.3, -0.25) is 10.1 Å². The summed E-state index contributed by atoms with van der Waals surface area (Å²) in [6.07, 6.45) is 0. The lowest BCUT2D eigenvalue weighted by Crippen LogP contribution is -2.14. The number of rotatable bonds is 2. The summed E-state index contributed by atoms with van der Waals surface area (Å²) in [5.41, 5.74) is 2.64. The molecule has 0 saturated carbocycles. The van der Waals surface area contributed by atoms with E-state index in [-0.39, 0.29) is 10.8 Å². The first kappa shape index (κ1) is 15.5. The van der Waals surface area contributed by atoms with Crippen molar-refractivity contribution >= 4 is 17.3 Å². The van der Waals surface area contributed by atoms with E-state index in [4.69, 9.17) is 11.6 Å². The predicted octanol–water partition coefficient (Wildman–Crippen LogP) is 4.35. The van der Waals surface area contributed by atoms with Crippen molar-refractivity contribution in [1.29, 1.82) is 0 Å². The molecule has 1 aromatic carbocycles. The van der Waals surface area contributed by atoms with Crippen LogP contribution in [-0.2, 0) is 5.41 Å². The van der Waals surface area contributed by atoms with Gasteiger partial charge in [0, 0.05) is 5.41 Å². The molecular weight excluding hydrogens is 290 g/mol. The third kappa shape index (κ3) is 2.78. The molecule has 0 aliphatic heterocycles. The summed E-state index contributed by atoms with van der Waals surface area (Å²) in [5.74, 6) is 0. The third-order valence-electron chi connectivity index (χ3n) is 3.28. The van der Waals surface area contributed by atoms with E-state index in [1.54, 1.807) is 0 Å². The van der Waals surface area contributed by atoms with Gasteiger partial charge in [0.25, 0.3) is 0 Å². The van der Waals surface area contributed by atoms with Crippen molar-refractivity contribution in [2.75, 3.05) is 0 Å². The Balaban J connectivity index is 2.74. The average molecular weight is 308 g/mol. The van der Waals surface area contributed by atoms with Crippen molar-refractivity contribution < 1.29 is 4.92 Å². The fourth-order valence-electron chi connectivity index (χ4n) is 2.26. The van der Waals surface area contributed by atoms with Crippen molar-refractivity contribution in [3.63, 3.8) is 0 Å². The maximum Gasteiger partial charge on any atom is 0.330 e. The van der Waals surface area contributed by atoms with E-state index in [1.165, 1.54) is 4.68 Å². The van der Waals surface area contributed by atoms with Crippen molar-refractivity contribution in [2.24, 2.45) is 0 Å². The molecule has 0 radical (unpaired) electrons. The van der Waals surface area contributed by atoms with Gasteiger partial charge in [0.2, 0.25) is 5.15 Å². The number of aromatic nitrogens is 2. The maximum absolute atomic E-state index is 11.3. The number of benzene rings is 1. The van der Waals surface area contributed by atoms with Gasteiger partial charge in [0.15, 0.2) is 0 Å². The summed E-state index contributed by atoms with van der Waals surface area (Å²) in [6, 6.07) is 5.80. The van der Waals surface area contributed by atoms with E-state index in [2.05, 4.69) is 5.10 Å². The standard InChI is InChI=1S/C15H18ClN3O2/c1-9-6-7-11(10(2)8-9)18-14(16)12(19(20)21)13(17-18)15(3,4)5/h6-8H,1-5H3. The van der Waals surface area contributed by atoms with Gasteiger partial charge < -0.3 is 0 Å². The molecule has 6 heteroatoms. The number of nitrogens with zero attached hydrogens (tertiary/aromatic N) is 3. The molecule has 0 fully saturated rings. The largest absolute Gasteiger partial charge is 0.330 e. The average Bonchev–Trinajstić information content (AvgIpc) is 2.67. The normalized spacial score (nSPS) is 11.7. The topological polar surface area (TPSA) is 61.0 Å². The lowest BCUT2D eigenvalue weighted by atomic mass is 9.91. The minimum atomic E-state index is -0.462. The Morgan fingerprint density at radius 3 is 2.33 bits per heavy atom. The van der Waals surface area contributed by atoms with Gasteiger partial charge >= 0.3 is 5.69 Å². The minimum absolute atomic E-state index is 0.0388. The first-order valence-corrected chi connectivity index (χ1v) is 7.01. The highest BCUT2D eigenvalue weighted by molar-refractivity contribution is 6.32. The van der Waals surface area contributed by atoms with Crippen LogP contribution in [0, 0.1) is 24.0 Å². The zero-order valence-corrected chi connectivity index (χ0v) is 13.5. The molecule has 0 aliphatic carbocycles. The van der Waals surface area contributed by atoms with Crippen LogP contribution in [0.25, 0.3) is 5.69 Å². The second-order valence-corrected chi connectivity index (χ2v) is 6.55. The Kier molecular flexibility index (Phi) is 3.80. The van der Waals surface area contributed by atoms with Crippen LogP contribution in [0.4, 0.5) is 5.69 Å². The summed E-state index contributed by atoms with van der Waals surface area (Å²) < 4.78 is 1.45. The van der Waals surface area contributed by atoms with E-state index in [0.29, 0.717) is 5.69 Å². The molecule has 21 heavy (non-hydrogen) atoms. The van der Waals surface area contributed by atoms with Crippen molar-refractivity contribution in [3.8, 4) is 5.69 Å². The first-order chi connectivity index (χ1) is 9.62. The summed E-state index contributed by atoms with van der Waals surface area (Å²) in [7, 11) is 0. The lowest BCUT2D eigenvalue weighted by Gasteiger charge is -2.14. The molecule has 112 valence electrons. The molecule has 2 rings (SSSR count). The molecule has 5 nitrogen and oxygen atoms in total. The molecule has 0 N–H and O–H groups in total. The van der Waals surface area contributed by atoms with Crippen LogP contribution in [0.1, 0.15) is 37.6 Å². The zero-order chi connectivity index (χ0) is 15.9. The van der Waals surface area contributed by atoms with E-state index in [1.807, 2.05) is 52.8 Å². The smallest absolute Gasteiger partial charge is 0.258 e. The summed E-state index contributed by atoms with van der Waals surface area (Å²) in [4.78, 5) is 10.9. The van der Waals surface area contributed by atoms with E-state index in [0.717, 1.165) is 16.8 Å². The summed E-state index contributed by atoms with van der Waals surface area (Å²) >= 11 is 6.24. The molecule has 0 spiro atoms. The number of halogens is 1. The highest BCUT2D eigenvalue weighted by atomic mass is 35.5. The Bertz CT molecular complexity index is 714. The Morgan fingerprint density at radius 2 is 1.90 bits per heavy atom. The van der Waals surface area contributed by atoms with E-state index in [9.17, 15) is 10.1 Å². The number of hydrogen-bond acceptors (Lipinski definition) is 3. The van der Waals surface area contributed by atoms with Gasteiger partial charge in [-0.1, -0.05) is 50.1 Å². The molecule has 0 atom stereocenters. The van der Waals surface area contributed by atoms with Crippen LogP contribution in [-0.4, -0.2) is 14.7 Å². The first-order valence-electron chi connectivity index (χ1n) is 6.64. The quantitative estimate of drug-likeness (QED) is 0.612. The van der Waals surface area contributed by atoms with Crippen molar-refractivity contribution in [3.05, 3.63) is 50.3 Å². The molecular formula is C15H18ClN3O2. The fraction of sp³-hybridized carbons (Fsp3) is 0.400. The number of nitro groups is 1. The van der Waals surface area contributed by atoms with E-state index < -0.39 is 10.3 Å². The van der Waals surface area contributed by atoms with Crippen LogP contribution in [0.5, 0.6) is 0 Å². The minimum Gasteiger partial charge on any atom is -0.258 e. The zero-order valence-electron chi connectivity index (χ0n) is 12.8. The number of aryl methyl sites for hydroxylation is 2. The maximum atomic E-state index is 11.3. The molecule has 0 bridgehead atoms. The number of hydrogen-bond donors (Lipinski definition) is 0. The van der Waals surface area contributed by atoms with Crippen molar-refractivity contribution in [1.82, 2.24) is 9.78 Å². The second-order valence-electron chi connectivity index (χ2n) is 6.20. The van der Waals surface area contributed by atoms with Gasteiger partial charge in [0.1, 0.15) is 5.69 Å². The highest BCUT2D eigenvalue weighted by Gasteiger charge is 2.34. The Morgan fingerprint density at radius 1 is 1.29 bits per heavy atom. The van der Waals surface area contributed by atoms with Gasteiger partial charge in [-0.2, -0.15) is 5.10 Å². The SMILES string of the molecule is Cc1ccc(-n2nc(C(C)(C)C)c([N+](=O)[O-])c2Cl)c(C)c1. The fourth-order valence-corrected chi connectivity index (χ4v) is 2.55. The molecule has 0 unspecified atom stereocenters. The highest BCUT2D eigenvalue weighted by Crippen LogP contribution is 2.37. The van der Waals surface area contributed by atoms with Crippen LogP contribution < -0.4 is 0 Å². The monoisotopic (exact) mass is 307 g/mol. The summed E-state index contributed by atoms with van der Waals surface area (Å²) in [6.45, 7) is 9.56. The third-order valence-corrected chi connectivity index (χ3v) is 3.62. The Hall–Kier alpha value is -1.88. The molecule has 0 aliphatic rings. The molecule has 0 amide bonds. The van der Waals surface area contributed by atoms with Crippen LogP contribution in [0.15, 0.2) is 18.2 Å². The van der Waals surface area contributed by atoms with Gasteiger partial charge in [0.05, 0.1) is 10.6 Å². The van der Waals surface area contributed by atoms with Crippen LogP contribution in [0.3, 0.4) is 0 Å². The van der Waals surface area contributed by atoms with E-state index >= 15 is 0 Å². The lowest BCUT2D eigenvalue weighted by molar-refractivity contribution is -0.385. The van der Waals surface area contributed by atoms with Gasteiger partial charge in [-0.15, -0.1) is 0 Å². The van der Waals surface area contributed by atoms with Crippen LogP contribution in [0.2, 0.25) is 5.15 Å². The molecule has 0 saturated heterocycles. The molecule has 1 aromatic heterocycles. The molecule has 1 heterocycles. The molecule has 2 aromatic rings. The summed E-state index contributed by atoms with van der Waals surface area (Å²) in [5, 5.41) is 15.8. The van der Waals surface area contributed by atoms with Gasteiger partial charge in [-0.05, 0) is 25.5 Å². The van der Waals surface area contributed by atoms with Crippen molar-refractivity contribution in [2.45, 2.75) is 40.0 Å². The second kappa shape index (κ2) is 5.15. The predicted molar refractivity (Wildman–Crippen MR) is 83.4 cm³/mol.